The van der Waals surface area contributed by atoms with Crippen LogP contribution in [0.3, 0.4) is 0 Å². The molecule has 1 atom stereocenters. The van der Waals surface area contributed by atoms with E-state index in [2.05, 4.69) is 10.3 Å². The van der Waals surface area contributed by atoms with Crippen LogP contribution in [0.2, 0.25) is 10.0 Å². The highest BCUT2D eigenvalue weighted by Gasteiger charge is 2.47. The number of benzene rings is 1. The Morgan fingerprint density at radius 3 is 2.41 bits per heavy atom. The zero-order valence-corrected chi connectivity index (χ0v) is 21.6. The lowest BCUT2D eigenvalue weighted by Gasteiger charge is -2.34. The van der Waals surface area contributed by atoms with Crippen molar-refractivity contribution >= 4 is 68.7 Å². The molecule has 1 saturated heterocycles. The Balaban J connectivity index is 1.81. The van der Waals surface area contributed by atoms with Crippen molar-refractivity contribution in [3.63, 3.8) is 0 Å². The second-order valence-electron chi connectivity index (χ2n) is 8.68. The molecule has 0 bridgehead atoms. The minimum atomic E-state index is -1.24. The van der Waals surface area contributed by atoms with Gasteiger partial charge in [-0.2, -0.15) is 4.99 Å². The lowest BCUT2D eigenvalue weighted by Crippen LogP contribution is -2.53. The molecule has 2 amide bonds. The Morgan fingerprint density at radius 1 is 1.24 bits per heavy atom. The summed E-state index contributed by atoms with van der Waals surface area (Å²) in [6.07, 6.45) is -0.387. The van der Waals surface area contributed by atoms with Gasteiger partial charge in [0.25, 0.3) is 4.91 Å². The second kappa shape index (κ2) is 10.0. The first-order valence-electron chi connectivity index (χ1n) is 10.4. The average Bonchev–Trinajstić information content (AvgIpc) is 3.02. The topological polar surface area (TPSA) is 144 Å². The predicted molar refractivity (Wildman–Crippen MR) is 136 cm³/mol. The number of piperazine rings is 1. The van der Waals surface area contributed by atoms with Gasteiger partial charge >= 0.3 is 11.3 Å². The number of rotatable bonds is 2. The number of hydrogen-bond donors (Lipinski definition) is 4. The van der Waals surface area contributed by atoms with Crippen LogP contribution < -0.4 is 10.5 Å². The van der Waals surface area contributed by atoms with Crippen LogP contribution in [0.1, 0.15) is 33.3 Å². The highest BCUT2D eigenvalue weighted by atomic mass is 35.5. The molecule has 184 valence electrons. The molecular formula is C21H27Cl2N6O4S+. The van der Waals surface area contributed by atoms with Crippen molar-refractivity contribution in [3.8, 4) is 0 Å². The number of carbonyl (C=O) groups excluding carboxylic acids is 2. The van der Waals surface area contributed by atoms with Gasteiger partial charge in [0.1, 0.15) is 5.60 Å². The van der Waals surface area contributed by atoms with E-state index in [9.17, 15) is 14.7 Å². The van der Waals surface area contributed by atoms with E-state index in [1.807, 2.05) is 25.7 Å². The van der Waals surface area contributed by atoms with Crippen LogP contribution in [0, 0.1) is 5.41 Å². The summed E-state index contributed by atoms with van der Waals surface area (Å²) in [4.78, 5) is 31.6. The Labute approximate surface area is 210 Å². The van der Waals surface area contributed by atoms with Crippen molar-refractivity contribution < 1.29 is 19.4 Å². The van der Waals surface area contributed by atoms with Crippen LogP contribution in [0.25, 0.3) is 5.76 Å². The molecule has 0 spiro atoms. The number of hydrogen-bond acceptors (Lipinski definition) is 7. The van der Waals surface area contributed by atoms with Crippen molar-refractivity contribution in [1.29, 1.82) is 5.41 Å². The van der Waals surface area contributed by atoms with Crippen LogP contribution in [0.4, 0.5) is 10.5 Å². The van der Waals surface area contributed by atoms with Gasteiger partial charge in [0, 0.05) is 33.1 Å². The number of halogens is 2. The minimum Gasteiger partial charge on any atom is -0.503 e. The number of anilines is 1. The van der Waals surface area contributed by atoms with Gasteiger partial charge in [-0.15, -0.1) is 5.14 Å². The summed E-state index contributed by atoms with van der Waals surface area (Å²) in [7, 11) is 0. The molecular weight excluding hydrogens is 503 g/mol. The van der Waals surface area contributed by atoms with E-state index >= 15 is 0 Å². The molecule has 13 heteroatoms. The van der Waals surface area contributed by atoms with E-state index < -0.39 is 16.7 Å². The molecule has 1 unspecified atom stereocenters. The fraction of sp³-hybridized carbons (Fsp3) is 0.429. The largest absolute Gasteiger partial charge is 0.503 e. The number of amidine groups is 2. The number of aliphatic hydroxyl groups is 1. The summed E-state index contributed by atoms with van der Waals surface area (Å²) in [5, 5.41) is 29.0. The van der Waals surface area contributed by atoms with Gasteiger partial charge in [-0.25, -0.2) is 4.79 Å². The molecule has 1 aromatic rings. The molecule has 10 nitrogen and oxygen atoms in total. The minimum absolute atomic E-state index is 0.0249. The summed E-state index contributed by atoms with van der Waals surface area (Å²) in [5.74, 6) is -0.917. The van der Waals surface area contributed by atoms with Crippen LogP contribution in [-0.2, 0) is 20.6 Å². The predicted octanol–water partition coefficient (Wildman–Crippen LogP) is 3.57. The summed E-state index contributed by atoms with van der Waals surface area (Å²) in [6, 6.07) is 3.00. The molecule has 2 heterocycles. The Kier molecular flexibility index (Phi) is 7.71. The van der Waals surface area contributed by atoms with E-state index in [0.717, 1.165) is 0 Å². The van der Waals surface area contributed by atoms with Crippen LogP contribution >= 0.6 is 23.2 Å². The molecule has 0 radical (unpaired) electrons. The number of nitrogens with two attached hydrogens (primary N) is 1. The molecule has 3 rings (SSSR count). The first kappa shape index (κ1) is 26.1. The average molecular weight is 530 g/mol. The third-order valence-corrected chi connectivity index (χ3v) is 7.17. The van der Waals surface area contributed by atoms with Crippen LogP contribution in [0.5, 0.6) is 0 Å². The summed E-state index contributed by atoms with van der Waals surface area (Å²) < 4.78 is 5.42. The summed E-state index contributed by atoms with van der Waals surface area (Å²) in [6.45, 7) is 8.45. The molecule has 1 aromatic carbocycles. The SMILES string of the molecule is CC(=O)Nc1ccc(Cl)c(C(O)=C2C(=N)N=C(N3CCN(C(=O)OC(C)(C)C)CC3)[S+]2N)c1Cl. The normalized spacial score (nSPS) is 20.3. The highest BCUT2D eigenvalue weighted by Crippen LogP contribution is 2.39. The second-order valence-corrected chi connectivity index (χ2v) is 10.9. The number of aliphatic imine (C=N–C) groups is 1. The van der Waals surface area contributed by atoms with E-state index in [0.29, 0.717) is 31.3 Å². The van der Waals surface area contributed by atoms with E-state index in [1.54, 1.807) is 4.90 Å². The van der Waals surface area contributed by atoms with Crippen molar-refractivity contribution in [2.24, 2.45) is 10.1 Å². The number of carbonyl (C=O) groups is 2. The van der Waals surface area contributed by atoms with Crippen molar-refractivity contribution in [2.45, 2.75) is 33.3 Å². The van der Waals surface area contributed by atoms with Gasteiger partial charge in [0.05, 0.1) is 21.3 Å². The van der Waals surface area contributed by atoms with Gasteiger partial charge in [-0.1, -0.05) is 23.2 Å². The zero-order chi connectivity index (χ0) is 25.4. The Morgan fingerprint density at radius 2 is 1.85 bits per heavy atom. The third-order valence-electron chi connectivity index (χ3n) is 4.89. The quantitative estimate of drug-likeness (QED) is 0.340. The molecule has 0 saturated carbocycles. The maximum atomic E-state index is 12.3. The number of amides is 2. The molecule has 2 aliphatic heterocycles. The van der Waals surface area contributed by atoms with Gasteiger partial charge in [0.2, 0.25) is 11.7 Å². The van der Waals surface area contributed by atoms with Crippen molar-refractivity contribution in [3.05, 3.63) is 32.6 Å². The van der Waals surface area contributed by atoms with Gasteiger partial charge < -0.3 is 25.0 Å². The van der Waals surface area contributed by atoms with Crippen molar-refractivity contribution in [1.82, 2.24) is 9.80 Å². The lowest BCUT2D eigenvalue weighted by molar-refractivity contribution is -0.114. The highest BCUT2D eigenvalue weighted by molar-refractivity contribution is 8.14. The van der Waals surface area contributed by atoms with Crippen LogP contribution in [0.15, 0.2) is 22.0 Å². The standard InChI is InChI=1S/C21H26Cl2N6O4S/c1-11(30)26-13-6-5-12(22)14(15(13)23)16(31)17-18(24)27-19(34(17)25)28-7-9-29(10-8-28)20(32)33-21(2,3)4/h5-6H,7-10,25H2,1-4H3,(H2-,24,26,30,31)/p+1. The van der Waals surface area contributed by atoms with Gasteiger partial charge in [0.15, 0.2) is 16.8 Å². The number of nitrogens with zero attached hydrogens (tertiary/aromatic N) is 3. The zero-order valence-electron chi connectivity index (χ0n) is 19.2. The fourth-order valence-electron chi connectivity index (χ4n) is 3.39. The number of ether oxygens (including phenoxy) is 1. The Hall–Kier alpha value is -2.47. The summed E-state index contributed by atoms with van der Waals surface area (Å²) in [5.41, 5.74) is -0.260. The molecule has 5 N–H and O–H groups in total. The van der Waals surface area contributed by atoms with Gasteiger partial charge in [-0.3, -0.25) is 10.2 Å². The monoisotopic (exact) mass is 529 g/mol. The Bertz CT molecular complexity index is 1090. The molecule has 1 fully saturated rings. The first-order chi connectivity index (χ1) is 15.8. The lowest BCUT2D eigenvalue weighted by atomic mass is 10.1. The molecule has 2 aliphatic rings. The fourth-order valence-corrected chi connectivity index (χ4v) is 5.39. The van der Waals surface area contributed by atoms with Gasteiger partial charge in [-0.05, 0) is 32.9 Å². The molecule has 34 heavy (non-hydrogen) atoms. The summed E-state index contributed by atoms with van der Waals surface area (Å²) >= 11 is 11.5. The van der Waals surface area contributed by atoms with E-state index in [4.69, 9.17) is 38.5 Å². The first-order valence-corrected chi connectivity index (χ1v) is 12.4. The number of nitrogens with one attached hydrogen (secondary N) is 2. The van der Waals surface area contributed by atoms with E-state index in [1.165, 1.54) is 19.1 Å². The maximum absolute atomic E-state index is 12.3. The van der Waals surface area contributed by atoms with E-state index in [-0.39, 0.29) is 49.8 Å². The molecule has 0 aromatic heterocycles. The van der Waals surface area contributed by atoms with Crippen LogP contribution in [-0.4, -0.2) is 69.7 Å². The number of aliphatic hydroxyl groups excluding tert-OH is 1. The maximum Gasteiger partial charge on any atom is 0.410 e. The third kappa shape index (κ3) is 5.60. The smallest absolute Gasteiger partial charge is 0.410 e. The van der Waals surface area contributed by atoms with Crippen molar-refractivity contribution in [2.75, 3.05) is 31.5 Å². The molecule has 0 aliphatic carbocycles.